The summed E-state index contributed by atoms with van der Waals surface area (Å²) in [5.41, 5.74) is 2.32. The first-order valence-corrected chi connectivity index (χ1v) is 8.12. The van der Waals surface area contributed by atoms with Gasteiger partial charge in [-0.25, -0.2) is 9.97 Å². The van der Waals surface area contributed by atoms with Gasteiger partial charge in [0.05, 0.1) is 31.1 Å². The van der Waals surface area contributed by atoms with Gasteiger partial charge in [0.2, 0.25) is 0 Å². The zero-order valence-corrected chi connectivity index (χ0v) is 13.2. The van der Waals surface area contributed by atoms with Gasteiger partial charge in [0.25, 0.3) is 0 Å². The lowest BCUT2D eigenvalue weighted by Gasteiger charge is -2.29. The van der Waals surface area contributed by atoms with Gasteiger partial charge < -0.3 is 14.6 Å². The number of aryl methyl sites for hydroxylation is 1. The van der Waals surface area contributed by atoms with Crippen LogP contribution in [0.3, 0.4) is 0 Å². The number of β-amino-alcohol motifs (C(OH)–C–C–N with tert-alkyl or cyclic N) is 1. The number of hydrogen-bond acceptors (Lipinski definition) is 6. The number of aliphatic hydroxyl groups excluding tert-OH is 1. The fourth-order valence-electron chi connectivity index (χ4n) is 3.07. The summed E-state index contributed by atoms with van der Waals surface area (Å²) in [4.78, 5) is 11.0. The van der Waals surface area contributed by atoms with Crippen LogP contribution < -0.4 is 0 Å². The summed E-state index contributed by atoms with van der Waals surface area (Å²) in [6.07, 6.45) is 4.80. The van der Waals surface area contributed by atoms with E-state index >= 15 is 0 Å². The maximum Gasteiger partial charge on any atom is 0.125 e. The van der Waals surface area contributed by atoms with Crippen molar-refractivity contribution in [3.63, 3.8) is 0 Å². The molecule has 0 aromatic carbocycles. The molecule has 2 aliphatic heterocycles. The van der Waals surface area contributed by atoms with Crippen LogP contribution >= 0.6 is 0 Å². The van der Waals surface area contributed by atoms with Gasteiger partial charge in [-0.1, -0.05) is 0 Å². The van der Waals surface area contributed by atoms with Gasteiger partial charge in [-0.2, -0.15) is 0 Å². The normalized spacial score (nSPS) is 23.5. The smallest absolute Gasteiger partial charge is 0.125 e. The summed E-state index contributed by atoms with van der Waals surface area (Å²) in [6.45, 7) is 6.04. The highest BCUT2D eigenvalue weighted by Crippen LogP contribution is 2.16. The minimum atomic E-state index is -0.467. The summed E-state index contributed by atoms with van der Waals surface area (Å²) in [7, 11) is 0. The van der Waals surface area contributed by atoms with Gasteiger partial charge in [-0.3, -0.25) is 4.90 Å². The van der Waals surface area contributed by atoms with Crippen LogP contribution in [0, 0.1) is 6.92 Å². The van der Waals surface area contributed by atoms with Gasteiger partial charge in [-0.15, -0.1) is 0 Å². The van der Waals surface area contributed by atoms with Gasteiger partial charge in [0.1, 0.15) is 5.82 Å². The van der Waals surface area contributed by atoms with Crippen LogP contribution in [0.5, 0.6) is 0 Å². The van der Waals surface area contributed by atoms with Crippen LogP contribution in [0.4, 0.5) is 0 Å². The summed E-state index contributed by atoms with van der Waals surface area (Å²) in [5, 5.41) is 10.1. The van der Waals surface area contributed by atoms with Crippen molar-refractivity contribution in [3.05, 3.63) is 23.3 Å². The summed E-state index contributed by atoms with van der Waals surface area (Å²) < 4.78 is 11.1. The van der Waals surface area contributed by atoms with Gasteiger partial charge in [0, 0.05) is 32.4 Å². The first kappa shape index (κ1) is 15.8. The van der Waals surface area contributed by atoms with Crippen LogP contribution in [0.15, 0.2) is 6.20 Å². The van der Waals surface area contributed by atoms with Crippen LogP contribution in [-0.4, -0.2) is 65.1 Å². The molecule has 22 heavy (non-hydrogen) atoms. The average Bonchev–Trinajstić information content (AvgIpc) is 3.00. The van der Waals surface area contributed by atoms with E-state index in [0.717, 1.165) is 50.5 Å². The minimum Gasteiger partial charge on any atom is -0.389 e. The van der Waals surface area contributed by atoms with Crippen LogP contribution in [0.1, 0.15) is 29.9 Å². The lowest BCUT2D eigenvalue weighted by Crippen LogP contribution is -2.39. The fourth-order valence-corrected chi connectivity index (χ4v) is 3.07. The first-order chi connectivity index (χ1) is 10.7. The van der Waals surface area contributed by atoms with Crippen molar-refractivity contribution < 1.29 is 14.6 Å². The zero-order chi connectivity index (χ0) is 15.4. The quantitative estimate of drug-likeness (QED) is 0.834. The Hall–Kier alpha value is -1.08. The molecule has 1 N–H and O–H groups in total. The van der Waals surface area contributed by atoms with Crippen LogP contribution in [0.25, 0.3) is 0 Å². The van der Waals surface area contributed by atoms with Crippen molar-refractivity contribution >= 4 is 0 Å². The second kappa shape index (κ2) is 7.46. The molecule has 2 atom stereocenters. The molecule has 3 heterocycles. The van der Waals surface area contributed by atoms with Gasteiger partial charge in [-0.05, 0) is 31.7 Å². The summed E-state index contributed by atoms with van der Waals surface area (Å²) >= 11 is 0. The number of ether oxygens (including phenoxy) is 2. The number of nitrogens with zero attached hydrogens (tertiary/aromatic N) is 3. The molecule has 6 heteroatoms. The summed E-state index contributed by atoms with van der Waals surface area (Å²) in [5.74, 6) is 0.807. The molecule has 1 saturated heterocycles. The van der Waals surface area contributed by atoms with Crippen molar-refractivity contribution in [2.24, 2.45) is 0 Å². The van der Waals surface area contributed by atoms with E-state index in [2.05, 4.69) is 14.9 Å². The van der Waals surface area contributed by atoms with Gasteiger partial charge in [0.15, 0.2) is 0 Å². The number of hydrogen-bond donors (Lipinski definition) is 1. The lowest BCUT2D eigenvalue weighted by atomic mass is 10.1. The molecule has 1 aromatic heterocycles. The van der Waals surface area contributed by atoms with Crippen molar-refractivity contribution in [3.8, 4) is 0 Å². The van der Waals surface area contributed by atoms with Crippen molar-refractivity contribution in [1.29, 1.82) is 0 Å². The molecule has 0 bridgehead atoms. The molecule has 0 amide bonds. The fraction of sp³-hybridized carbons (Fsp3) is 0.750. The third kappa shape index (κ3) is 4.23. The van der Waals surface area contributed by atoms with E-state index in [0.29, 0.717) is 19.8 Å². The molecule has 1 fully saturated rings. The van der Waals surface area contributed by atoms with E-state index in [1.54, 1.807) is 0 Å². The predicted molar refractivity (Wildman–Crippen MR) is 81.5 cm³/mol. The molecular weight excluding hydrogens is 282 g/mol. The van der Waals surface area contributed by atoms with E-state index in [-0.39, 0.29) is 6.10 Å². The number of aliphatic hydroxyl groups is 1. The van der Waals surface area contributed by atoms with E-state index in [1.807, 2.05) is 13.1 Å². The minimum absolute atomic E-state index is 0.216. The highest BCUT2D eigenvalue weighted by Gasteiger charge is 2.21. The molecule has 0 radical (unpaired) electrons. The standard InChI is InChI=1S/C16H25N3O3/c1-12-17-7-13-4-5-19(9-16(13)18-12)8-14(20)10-21-11-15-3-2-6-22-15/h7,14-15,20H,2-6,8-11H2,1H3/t14-,15-/m1/s1. The summed E-state index contributed by atoms with van der Waals surface area (Å²) in [6, 6.07) is 0. The van der Waals surface area contributed by atoms with E-state index in [4.69, 9.17) is 9.47 Å². The van der Waals surface area contributed by atoms with Crippen molar-refractivity contribution in [1.82, 2.24) is 14.9 Å². The highest BCUT2D eigenvalue weighted by molar-refractivity contribution is 5.20. The van der Waals surface area contributed by atoms with E-state index < -0.39 is 6.10 Å². The first-order valence-electron chi connectivity index (χ1n) is 8.12. The van der Waals surface area contributed by atoms with E-state index in [9.17, 15) is 5.11 Å². The zero-order valence-electron chi connectivity index (χ0n) is 13.2. The Balaban J connectivity index is 1.41. The Labute approximate surface area is 131 Å². The lowest BCUT2D eigenvalue weighted by molar-refractivity contribution is -0.0262. The molecule has 0 spiro atoms. The Bertz CT molecular complexity index is 492. The molecular formula is C16H25N3O3. The SMILES string of the molecule is Cc1ncc2c(n1)CN(C[C@@H](O)COC[C@H]1CCCO1)CC2. The predicted octanol–water partition coefficient (Wildman–Crippen LogP) is 0.700. The Kier molecular flexibility index (Phi) is 5.36. The Morgan fingerprint density at radius 1 is 1.55 bits per heavy atom. The molecule has 0 saturated carbocycles. The number of fused-ring (bicyclic) bond motifs is 1. The maximum absolute atomic E-state index is 10.1. The largest absolute Gasteiger partial charge is 0.389 e. The van der Waals surface area contributed by atoms with E-state index in [1.165, 1.54) is 5.56 Å². The molecule has 2 aliphatic rings. The number of rotatable bonds is 6. The molecule has 1 aromatic rings. The van der Waals surface area contributed by atoms with Gasteiger partial charge >= 0.3 is 0 Å². The third-order valence-corrected chi connectivity index (χ3v) is 4.25. The molecule has 6 nitrogen and oxygen atoms in total. The molecule has 0 aliphatic carbocycles. The topological polar surface area (TPSA) is 67.7 Å². The van der Waals surface area contributed by atoms with Crippen molar-refractivity contribution in [2.45, 2.75) is 44.9 Å². The monoisotopic (exact) mass is 307 g/mol. The second-order valence-corrected chi connectivity index (χ2v) is 6.20. The number of aromatic nitrogens is 2. The Morgan fingerprint density at radius 3 is 3.27 bits per heavy atom. The third-order valence-electron chi connectivity index (χ3n) is 4.25. The van der Waals surface area contributed by atoms with Crippen LogP contribution in [0.2, 0.25) is 0 Å². The average molecular weight is 307 g/mol. The molecule has 3 rings (SSSR count). The van der Waals surface area contributed by atoms with Crippen LogP contribution in [-0.2, 0) is 22.4 Å². The molecule has 0 unspecified atom stereocenters. The Morgan fingerprint density at radius 2 is 2.45 bits per heavy atom. The second-order valence-electron chi connectivity index (χ2n) is 6.20. The maximum atomic E-state index is 10.1. The highest BCUT2D eigenvalue weighted by atomic mass is 16.5. The molecule has 122 valence electrons. The van der Waals surface area contributed by atoms with Crippen molar-refractivity contribution in [2.75, 3.05) is 32.9 Å².